The maximum Gasteiger partial charge on any atom is 0.316 e. The van der Waals surface area contributed by atoms with Crippen molar-refractivity contribution in [2.75, 3.05) is 0 Å². The lowest BCUT2D eigenvalue weighted by molar-refractivity contribution is -0.145. The molecule has 15 heavy (non-hydrogen) atoms. The molecule has 1 heterocycles. The van der Waals surface area contributed by atoms with Crippen LogP contribution < -0.4 is 0 Å². The molecule has 1 saturated heterocycles. The summed E-state index contributed by atoms with van der Waals surface area (Å²) in [6.07, 6.45) is 8.29. The van der Waals surface area contributed by atoms with E-state index in [1.54, 1.807) is 0 Å². The molecular formula is C12H20O3. The van der Waals surface area contributed by atoms with E-state index in [2.05, 4.69) is 6.92 Å². The van der Waals surface area contributed by atoms with Gasteiger partial charge in [0.1, 0.15) is 18.3 Å². The van der Waals surface area contributed by atoms with Crippen molar-refractivity contribution in [3.8, 4) is 0 Å². The lowest BCUT2D eigenvalue weighted by Gasteiger charge is -2.07. The molecule has 0 N–H and O–H groups in total. The highest BCUT2D eigenvalue weighted by molar-refractivity contribution is 5.89. The van der Waals surface area contributed by atoms with Crippen LogP contribution in [0.25, 0.3) is 0 Å². The van der Waals surface area contributed by atoms with Gasteiger partial charge in [-0.1, -0.05) is 32.6 Å². The van der Waals surface area contributed by atoms with Gasteiger partial charge in [-0.25, -0.2) is 0 Å². The number of hydrogen-bond donors (Lipinski definition) is 0. The number of hydrogen-bond acceptors (Lipinski definition) is 3. The van der Waals surface area contributed by atoms with Gasteiger partial charge in [-0.15, -0.1) is 0 Å². The highest BCUT2D eigenvalue weighted by Crippen LogP contribution is 2.23. The summed E-state index contributed by atoms with van der Waals surface area (Å²) < 4.78 is 5.10. The third kappa shape index (κ3) is 4.02. The van der Waals surface area contributed by atoms with E-state index in [-0.39, 0.29) is 12.1 Å². The first kappa shape index (κ1) is 12.2. The van der Waals surface area contributed by atoms with Crippen LogP contribution in [-0.2, 0) is 14.3 Å². The van der Waals surface area contributed by atoms with Crippen molar-refractivity contribution in [1.29, 1.82) is 0 Å². The van der Waals surface area contributed by atoms with Crippen LogP contribution in [0, 0.1) is 5.92 Å². The van der Waals surface area contributed by atoms with E-state index in [1.807, 2.05) is 0 Å². The smallest absolute Gasteiger partial charge is 0.316 e. The van der Waals surface area contributed by atoms with Crippen molar-refractivity contribution in [2.24, 2.45) is 5.92 Å². The second-order valence-electron chi connectivity index (χ2n) is 4.24. The number of carbonyl (C=O) groups is 2. The first-order valence-corrected chi connectivity index (χ1v) is 5.93. The van der Waals surface area contributed by atoms with Crippen LogP contribution in [0.15, 0.2) is 0 Å². The zero-order chi connectivity index (χ0) is 11.1. The van der Waals surface area contributed by atoms with Gasteiger partial charge in [-0.2, -0.15) is 0 Å². The quantitative estimate of drug-likeness (QED) is 0.282. The highest BCUT2D eigenvalue weighted by Gasteiger charge is 2.33. The number of ether oxygens (including phenoxy) is 1. The molecule has 0 saturated carbocycles. The Kier molecular flexibility index (Phi) is 5.37. The zero-order valence-corrected chi connectivity index (χ0v) is 9.41. The Balaban J connectivity index is 2.08. The van der Waals surface area contributed by atoms with Crippen LogP contribution in [0.5, 0.6) is 0 Å². The molecule has 0 amide bonds. The summed E-state index contributed by atoms with van der Waals surface area (Å²) in [5, 5.41) is 0. The fourth-order valence-corrected chi connectivity index (χ4v) is 1.94. The van der Waals surface area contributed by atoms with Crippen molar-refractivity contribution >= 4 is 12.3 Å². The van der Waals surface area contributed by atoms with Crippen LogP contribution in [0.1, 0.15) is 51.9 Å². The number of aldehydes is 1. The van der Waals surface area contributed by atoms with Gasteiger partial charge < -0.3 is 9.53 Å². The summed E-state index contributed by atoms with van der Waals surface area (Å²) in [4.78, 5) is 21.6. The highest BCUT2D eigenvalue weighted by atomic mass is 16.6. The van der Waals surface area contributed by atoms with E-state index < -0.39 is 5.92 Å². The van der Waals surface area contributed by atoms with Gasteiger partial charge in [-0.3, -0.25) is 4.79 Å². The van der Waals surface area contributed by atoms with Crippen molar-refractivity contribution in [3.05, 3.63) is 0 Å². The van der Waals surface area contributed by atoms with E-state index in [0.717, 1.165) is 12.8 Å². The molecule has 0 radical (unpaired) electrons. The topological polar surface area (TPSA) is 43.4 Å². The molecule has 1 aliphatic rings. The van der Waals surface area contributed by atoms with Crippen molar-refractivity contribution in [1.82, 2.24) is 0 Å². The van der Waals surface area contributed by atoms with Crippen molar-refractivity contribution in [2.45, 2.75) is 58.0 Å². The molecule has 0 spiro atoms. The van der Waals surface area contributed by atoms with Gasteiger partial charge in [-0.05, 0) is 12.8 Å². The standard InChI is InChI=1S/C12H20O3/c1-2-3-4-5-6-7-11-8-10(9-13)12(14)15-11/h9-11H,2-8H2,1H3. The summed E-state index contributed by atoms with van der Waals surface area (Å²) >= 11 is 0. The molecule has 3 heteroatoms. The van der Waals surface area contributed by atoms with E-state index >= 15 is 0 Å². The Labute approximate surface area is 91.2 Å². The predicted octanol–water partition coefficient (Wildman–Crippen LogP) is 2.48. The Bertz CT molecular complexity index is 213. The maximum absolute atomic E-state index is 11.1. The minimum atomic E-state index is -0.495. The minimum absolute atomic E-state index is 0.00525. The molecule has 2 unspecified atom stereocenters. The Morgan fingerprint density at radius 2 is 2.07 bits per heavy atom. The second-order valence-corrected chi connectivity index (χ2v) is 4.24. The molecule has 1 fully saturated rings. The normalized spacial score (nSPS) is 25.3. The molecular weight excluding hydrogens is 192 g/mol. The molecule has 0 aromatic rings. The average molecular weight is 212 g/mol. The first-order chi connectivity index (χ1) is 7.27. The number of esters is 1. The number of rotatable bonds is 7. The van der Waals surface area contributed by atoms with Crippen LogP contribution >= 0.6 is 0 Å². The largest absolute Gasteiger partial charge is 0.462 e. The van der Waals surface area contributed by atoms with Crippen LogP contribution in [0.2, 0.25) is 0 Å². The number of unbranched alkanes of at least 4 members (excludes halogenated alkanes) is 4. The van der Waals surface area contributed by atoms with Crippen molar-refractivity contribution < 1.29 is 14.3 Å². The van der Waals surface area contributed by atoms with Gasteiger partial charge in [0.05, 0.1) is 0 Å². The molecule has 1 rings (SSSR count). The maximum atomic E-state index is 11.1. The fraction of sp³-hybridized carbons (Fsp3) is 0.833. The first-order valence-electron chi connectivity index (χ1n) is 5.93. The van der Waals surface area contributed by atoms with Gasteiger partial charge in [0, 0.05) is 6.42 Å². The summed E-state index contributed by atoms with van der Waals surface area (Å²) in [5.41, 5.74) is 0. The third-order valence-electron chi connectivity index (χ3n) is 2.90. The van der Waals surface area contributed by atoms with E-state index in [4.69, 9.17) is 4.74 Å². The summed E-state index contributed by atoms with van der Waals surface area (Å²) in [5.74, 6) is -0.825. The molecule has 0 aromatic carbocycles. The second kappa shape index (κ2) is 6.59. The van der Waals surface area contributed by atoms with Crippen LogP contribution in [0.3, 0.4) is 0 Å². The SMILES string of the molecule is CCCCCCCC1CC(C=O)C(=O)O1. The molecule has 86 valence electrons. The zero-order valence-electron chi connectivity index (χ0n) is 9.41. The van der Waals surface area contributed by atoms with E-state index in [0.29, 0.717) is 12.7 Å². The third-order valence-corrected chi connectivity index (χ3v) is 2.90. The number of cyclic esters (lactones) is 1. The van der Waals surface area contributed by atoms with Crippen LogP contribution in [0.4, 0.5) is 0 Å². The lowest BCUT2D eigenvalue weighted by atomic mass is 10.0. The van der Waals surface area contributed by atoms with Gasteiger partial charge in [0.15, 0.2) is 0 Å². The Hall–Kier alpha value is -0.860. The van der Waals surface area contributed by atoms with Crippen molar-refractivity contribution in [3.63, 3.8) is 0 Å². The van der Waals surface area contributed by atoms with Gasteiger partial charge in [0.2, 0.25) is 0 Å². The Morgan fingerprint density at radius 1 is 1.33 bits per heavy atom. The monoisotopic (exact) mass is 212 g/mol. The van der Waals surface area contributed by atoms with E-state index in [1.165, 1.54) is 25.7 Å². The van der Waals surface area contributed by atoms with Gasteiger partial charge in [0.25, 0.3) is 0 Å². The summed E-state index contributed by atoms with van der Waals surface area (Å²) in [6.45, 7) is 2.19. The minimum Gasteiger partial charge on any atom is -0.462 e. The average Bonchev–Trinajstić information content (AvgIpc) is 2.59. The molecule has 1 aliphatic heterocycles. The Morgan fingerprint density at radius 3 is 2.67 bits per heavy atom. The van der Waals surface area contributed by atoms with E-state index in [9.17, 15) is 9.59 Å². The molecule has 0 aromatic heterocycles. The molecule has 3 nitrogen and oxygen atoms in total. The van der Waals surface area contributed by atoms with Gasteiger partial charge >= 0.3 is 5.97 Å². The number of carbonyl (C=O) groups excluding carboxylic acids is 2. The predicted molar refractivity (Wildman–Crippen MR) is 57.4 cm³/mol. The molecule has 0 aliphatic carbocycles. The van der Waals surface area contributed by atoms with Crippen LogP contribution in [-0.4, -0.2) is 18.4 Å². The summed E-state index contributed by atoms with van der Waals surface area (Å²) in [7, 11) is 0. The molecule has 2 atom stereocenters. The summed E-state index contributed by atoms with van der Waals surface area (Å²) in [6, 6.07) is 0. The fourth-order valence-electron chi connectivity index (χ4n) is 1.94. The lowest BCUT2D eigenvalue weighted by Crippen LogP contribution is -2.08. The molecule has 0 bridgehead atoms.